The lowest BCUT2D eigenvalue weighted by Crippen LogP contribution is -2.62. The number of nitrogens with two attached hydrogens (primary N) is 4. The number of nitrogens with zero attached hydrogens (tertiary/aromatic N) is 1. The van der Waals surface area contributed by atoms with Crippen molar-refractivity contribution in [3.05, 3.63) is 71.8 Å². The van der Waals surface area contributed by atoms with Gasteiger partial charge in [0.1, 0.15) is 90.6 Å². The van der Waals surface area contributed by atoms with Crippen LogP contribution >= 0.6 is 21.6 Å². The van der Waals surface area contributed by atoms with Crippen LogP contribution in [0.5, 0.6) is 0 Å². The number of aliphatic hydroxyl groups is 1. The van der Waals surface area contributed by atoms with Gasteiger partial charge < -0.3 is 118 Å². The van der Waals surface area contributed by atoms with E-state index < -0.39 is 228 Å². The third kappa shape index (κ3) is 38.5. The molecule has 2 aromatic carbocycles. The zero-order chi connectivity index (χ0) is 96.1. The molecule has 2 aliphatic heterocycles. The molecule has 0 spiro atoms. The van der Waals surface area contributed by atoms with Crippen LogP contribution in [0.25, 0.3) is 0 Å². The largest absolute Gasteiger partial charge is 0.480 e. The number of hydrogen-bond acceptors (Lipinski definition) is 24. The lowest BCUT2D eigenvalue weighted by molar-refractivity contribution is -0.142. The maximum Gasteiger partial charge on any atom is 0.327 e. The van der Waals surface area contributed by atoms with Gasteiger partial charge in [-0.05, 0) is 164 Å². The minimum absolute atomic E-state index is 0.00978. The SMILES string of the molecule is CC[C@H](C)[C@@H]1NC(=O)[C@H](C)NC(=O)[C@@H](NC(=O)[C@H](Cc2ccccc2)NC(=O)[C@@H](NC(=O)[C@H](CCCCN)NC(=O)CNC(=O)[C@H](C)NC(=O)[C@@H](NC(=O)[C@H](CC(C)C)NC(=O)[C@@H]2CCCN2C(=O)[C@H](CC(C)C)NC(=O)[C@@H](N)Cc2ccccc2)[C@@H](C)CC)[C@@H](C)CC)CSSC[C@@H](C(=O)O)NC(=O)[C@H](CCCCN)NC(=O)[C@H](CCCCN)NC(=O)[C@H](CO)NC1=O. The van der Waals surface area contributed by atoms with Crippen molar-refractivity contribution in [2.24, 2.45) is 52.5 Å². The highest BCUT2D eigenvalue weighted by Gasteiger charge is 2.43. The summed E-state index contributed by atoms with van der Waals surface area (Å²) >= 11 is 0. The fraction of sp³-hybridized carbons (Fsp3) is 0.670. The number of aliphatic hydroxyl groups excluding tert-OH is 1. The number of unbranched alkanes of at least 4 members (excludes halogenated alkanes) is 3. The van der Waals surface area contributed by atoms with Gasteiger partial charge in [-0.2, -0.15) is 0 Å². The number of carboxylic acid groups (broad SMARTS) is 1. The molecule has 2 saturated heterocycles. The van der Waals surface area contributed by atoms with Gasteiger partial charge >= 0.3 is 5.97 Å². The summed E-state index contributed by atoms with van der Waals surface area (Å²) in [7, 11) is 1.75. The van der Waals surface area contributed by atoms with Crippen LogP contribution in [0, 0.1) is 29.6 Å². The Balaban J connectivity index is 1.57. The first-order valence-electron chi connectivity index (χ1n) is 45.1. The number of likely N-dealkylation sites (tertiary alicyclic amines) is 1. The topological polar surface area (TPSA) is 618 Å². The van der Waals surface area contributed by atoms with Crippen molar-refractivity contribution in [3.63, 3.8) is 0 Å². The average molecular weight is 1850 g/mol. The first-order chi connectivity index (χ1) is 61.3. The summed E-state index contributed by atoms with van der Waals surface area (Å²) in [6.07, 6.45) is 4.12. The highest BCUT2D eigenvalue weighted by molar-refractivity contribution is 8.76. The molecule has 4 rings (SSSR count). The number of carbonyl (C=O) groups excluding carboxylic acids is 16. The Labute approximate surface area is 765 Å². The quantitative estimate of drug-likeness (QED) is 0.0274. The van der Waals surface area contributed by atoms with Crippen LogP contribution in [0.4, 0.5) is 0 Å². The third-order valence-corrected chi connectivity index (χ3v) is 25.2. The standard InChI is InChI=1S/C88H144N20O19S2/c1-13-51(8)70(107-80(118)62(41-49(4)5)99-83(121)68-36-28-40-108(68)87(125)64(42-50(6)7)101-75(113)58(92)43-56-29-18-16-19-30-56)84(122)95-54(11)73(111)93-45-69(110)96-59(33-22-25-37-89)78(116)106-72(53(10)15-3)85(123)100-63(44-57-31-20-17-21-32-57)79(117)103-66-47-128-129-48-67(88(126)127)104-77(115)61(35-24-27-39-91)97-76(114)60(34-23-26-38-90)98-81(119)65(46-109)102-86(124)71(52(9)14-2)105-74(112)55(12)94-82(66)120/h16-21,29-32,49-55,58-68,70-72,109H,13-15,22-28,33-48,89-92H2,1-12H3,(H,93,111)(H,94,120)(H,95,122)(H,96,110)(H,97,114)(H,98,119)(H,99,121)(H,100,123)(H,101,113)(H,102,124)(H,103,117)(H,104,115)(H,105,112)(H,106,116)(H,107,118)(H,126,127)/t51-,52-,53-,54-,55-,58-,59-,60-,61-,62-,63-,64-,65-,66-,67-,68-,70-,71-,72-/m0/s1. The van der Waals surface area contributed by atoms with Crippen molar-refractivity contribution in [1.29, 1.82) is 0 Å². The predicted octanol–water partition coefficient (Wildman–Crippen LogP) is -1.18. The smallest absolute Gasteiger partial charge is 0.327 e. The molecule has 129 heavy (non-hydrogen) atoms. The summed E-state index contributed by atoms with van der Waals surface area (Å²) in [5, 5.41) is 60.7. The van der Waals surface area contributed by atoms with E-state index in [1.54, 1.807) is 71.9 Å². The van der Waals surface area contributed by atoms with Crippen LogP contribution in [0.2, 0.25) is 0 Å². The first-order valence-corrected chi connectivity index (χ1v) is 47.6. The van der Waals surface area contributed by atoms with Gasteiger partial charge in [-0.3, -0.25) is 76.7 Å². The van der Waals surface area contributed by atoms with Crippen molar-refractivity contribution in [2.75, 3.05) is 50.8 Å². The maximum atomic E-state index is 15.1. The summed E-state index contributed by atoms with van der Waals surface area (Å²) < 4.78 is 0. The van der Waals surface area contributed by atoms with Crippen LogP contribution in [0.15, 0.2) is 60.7 Å². The molecule has 2 aromatic rings. The summed E-state index contributed by atoms with van der Waals surface area (Å²) in [6.45, 7) is 19.5. The van der Waals surface area contributed by atoms with Crippen molar-refractivity contribution in [1.82, 2.24) is 84.7 Å². The van der Waals surface area contributed by atoms with E-state index in [4.69, 9.17) is 22.9 Å². The van der Waals surface area contributed by atoms with Crippen LogP contribution in [0.3, 0.4) is 0 Å². The second kappa shape index (κ2) is 58.6. The second-order valence-electron chi connectivity index (χ2n) is 34.3. The molecule has 41 heteroatoms. The normalized spacial score (nSPS) is 21.3. The van der Waals surface area contributed by atoms with E-state index in [0.29, 0.717) is 56.9 Å². The number of benzene rings is 2. The second-order valence-corrected chi connectivity index (χ2v) is 36.8. The van der Waals surface area contributed by atoms with Crippen molar-refractivity contribution >= 4 is 122 Å². The Morgan fingerprint density at radius 3 is 1.54 bits per heavy atom. The molecule has 2 heterocycles. The molecule has 39 nitrogen and oxygen atoms in total. The minimum atomic E-state index is -1.69. The van der Waals surface area contributed by atoms with E-state index in [2.05, 4.69) is 79.8 Å². The molecule has 0 aliphatic carbocycles. The van der Waals surface area contributed by atoms with Gasteiger partial charge in [-0.15, -0.1) is 0 Å². The Hall–Kier alpha value is -10.1. The van der Waals surface area contributed by atoms with Gasteiger partial charge in [0.05, 0.1) is 19.2 Å². The number of carbonyl (C=O) groups is 17. The van der Waals surface area contributed by atoms with Gasteiger partial charge in [0, 0.05) is 24.5 Å². The Kier molecular flexibility index (Phi) is 50.5. The molecule has 0 bridgehead atoms. The van der Waals surface area contributed by atoms with Crippen LogP contribution in [-0.2, 0) is 94.3 Å². The molecule has 0 unspecified atom stereocenters. The molecule has 2 fully saturated rings. The van der Waals surface area contributed by atoms with Gasteiger partial charge in [-0.25, -0.2) is 4.79 Å². The maximum absolute atomic E-state index is 15.1. The molecule has 16 amide bonds. The molecule has 0 saturated carbocycles. The van der Waals surface area contributed by atoms with E-state index >= 15 is 4.79 Å². The number of rotatable bonds is 47. The average Bonchev–Trinajstić information content (AvgIpc) is 1.77. The fourth-order valence-corrected chi connectivity index (χ4v) is 16.7. The molecular formula is C88H144N20O19S2. The zero-order valence-electron chi connectivity index (χ0n) is 76.7. The number of amides is 16. The zero-order valence-corrected chi connectivity index (χ0v) is 78.3. The first kappa shape index (κ1) is 111. The monoisotopic (exact) mass is 1850 g/mol. The summed E-state index contributed by atoms with van der Waals surface area (Å²) in [5.41, 5.74) is 25.1. The van der Waals surface area contributed by atoms with E-state index in [0.717, 1.165) is 27.2 Å². The van der Waals surface area contributed by atoms with Crippen LogP contribution in [-0.4, -0.2) is 263 Å². The van der Waals surface area contributed by atoms with E-state index in [1.165, 1.54) is 18.7 Å². The van der Waals surface area contributed by atoms with Crippen molar-refractivity contribution < 1.29 is 91.7 Å². The number of hydrogen-bond donors (Lipinski definition) is 21. The highest BCUT2D eigenvalue weighted by atomic mass is 33.1. The summed E-state index contributed by atoms with van der Waals surface area (Å²) in [4.78, 5) is 243. The molecule has 2 aliphatic rings. The fourth-order valence-electron chi connectivity index (χ4n) is 14.4. The van der Waals surface area contributed by atoms with E-state index in [9.17, 15) is 86.9 Å². The van der Waals surface area contributed by atoms with Gasteiger partial charge in [0.2, 0.25) is 94.5 Å². The number of carboxylic acids is 1. The lowest BCUT2D eigenvalue weighted by Gasteiger charge is -2.32. The highest BCUT2D eigenvalue weighted by Crippen LogP contribution is 2.26. The molecule has 0 aromatic heterocycles. The Bertz CT molecular complexity index is 3990. The summed E-state index contributed by atoms with van der Waals surface area (Å²) in [6, 6.07) is -3.96. The van der Waals surface area contributed by atoms with Gasteiger partial charge in [-0.1, -0.05) is 171 Å². The Morgan fingerprint density at radius 2 is 1.01 bits per heavy atom. The minimum Gasteiger partial charge on any atom is -0.480 e. The molecule has 25 N–H and O–H groups in total. The van der Waals surface area contributed by atoms with E-state index in [1.807, 2.05) is 58.0 Å². The van der Waals surface area contributed by atoms with Crippen molar-refractivity contribution in [2.45, 2.75) is 295 Å². The van der Waals surface area contributed by atoms with Crippen LogP contribution < -0.4 is 103 Å². The molecule has 722 valence electrons. The number of aliphatic carboxylic acids is 1. The van der Waals surface area contributed by atoms with Crippen LogP contribution in [0.1, 0.15) is 197 Å². The predicted molar refractivity (Wildman–Crippen MR) is 490 cm³/mol. The van der Waals surface area contributed by atoms with Gasteiger partial charge in [0.15, 0.2) is 0 Å². The lowest BCUT2D eigenvalue weighted by atomic mass is 9.96. The molecule has 0 radical (unpaired) electrons. The van der Waals surface area contributed by atoms with Gasteiger partial charge in [0.25, 0.3) is 0 Å². The van der Waals surface area contributed by atoms with E-state index in [-0.39, 0.29) is 114 Å². The Morgan fingerprint density at radius 1 is 0.504 bits per heavy atom. The van der Waals surface area contributed by atoms with Crippen molar-refractivity contribution in [3.8, 4) is 0 Å². The molecule has 19 atom stereocenters. The third-order valence-electron chi connectivity index (χ3n) is 22.7. The number of nitrogens with one attached hydrogen (secondary N) is 15. The molecular weight excluding hydrogens is 1710 g/mol. The summed E-state index contributed by atoms with van der Waals surface area (Å²) in [5.74, 6) is -17.3.